The van der Waals surface area contributed by atoms with Crippen LogP contribution in [0.1, 0.15) is 16.1 Å². The van der Waals surface area contributed by atoms with Crippen LogP contribution >= 0.6 is 22.9 Å². The summed E-state index contributed by atoms with van der Waals surface area (Å²) in [5.74, 6) is -0.327. The first-order chi connectivity index (χ1) is 12.3. The smallest absolute Gasteiger partial charge is 0.264 e. The highest BCUT2D eigenvalue weighted by Gasteiger charge is 2.16. The van der Waals surface area contributed by atoms with Crippen LogP contribution in [-0.2, 0) is 10.0 Å². The molecule has 0 atom stereocenters. The third kappa shape index (κ3) is 4.37. The number of aryl methyl sites for hydroxylation is 1. The Bertz CT molecular complexity index is 1050. The summed E-state index contributed by atoms with van der Waals surface area (Å²) >= 11 is 7.07. The number of nitrogens with zero attached hydrogens (tertiary/aromatic N) is 2. The fraction of sp³-hybridized carbons (Fsp3) is 0.0625. The topological polar surface area (TPSA) is 101 Å². The highest BCUT2D eigenvalue weighted by Crippen LogP contribution is 2.22. The van der Waals surface area contributed by atoms with Crippen LogP contribution < -0.4 is 10.0 Å². The third-order valence-electron chi connectivity index (χ3n) is 3.27. The first-order valence-corrected chi connectivity index (χ1v) is 10.1. The largest absolute Gasteiger partial charge is 0.322 e. The average Bonchev–Trinajstić information content (AvgIpc) is 3.01. The number of benzene rings is 1. The molecule has 10 heteroatoms. The number of thiophene rings is 1. The van der Waals surface area contributed by atoms with Gasteiger partial charge in [-0.15, -0.1) is 11.3 Å². The molecular formula is C16H13ClN4O3S2. The van der Waals surface area contributed by atoms with Gasteiger partial charge in [-0.2, -0.15) is 0 Å². The van der Waals surface area contributed by atoms with Gasteiger partial charge < -0.3 is 5.32 Å². The highest BCUT2D eigenvalue weighted by atomic mass is 35.5. The van der Waals surface area contributed by atoms with E-state index in [0.29, 0.717) is 21.3 Å². The fourth-order valence-electron chi connectivity index (χ4n) is 2.03. The van der Waals surface area contributed by atoms with Crippen LogP contribution in [0.2, 0.25) is 4.34 Å². The molecule has 3 rings (SSSR count). The molecule has 0 aliphatic heterocycles. The van der Waals surface area contributed by atoms with Crippen molar-refractivity contribution < 1.29 is 13.2 Å². The summed E-state index contributed by atoms with van der Waals surface area (Å²) in [7, 11) is -3.83. The molecule has 7 nitrogen and oxygen atoms in total. The lowest BCUT2D eigenvalue weighted by Gasteiger charge is -2.08. The SMILES string of the molecule is Cc1ccnc(NS(=O)(=O)c2ccc(NC(=O)c3csc(Cl)c3)cc2)n1. The number of amides is 1. The summed E-state index contributed by atoms with van der Waals surface area (Å²) < 4.78 is 27.6. The van der Waals surface area contributed by atoms with E-state index in [1.165, 1.54) is 41.8 Å². The van der Waals surface area contributed by atoms with E-state index >= 15 is 0 Å². The van der Waals surface area contributed by atoms with Gasteiger partial charge in [0.15, 0.2) is 0 Å². The Morgan fingerprint density at radius 1 is 1.19 bits per heavy atom. The van der Waals surface area contributed by atoms with Gasteiger partial charge in [0.25, 0.3) is 15.9 Å². The molecule has 0 saturated heterocycles. The Labute approximate surface area is 159 Å². The second kappa shape index (κ2) is 7.40. The predicted octanol–water partition coefficient (Wildman–Crippen LogP) is 3.55. The van der Waals surface area contributed by atoms with Crippen LogP contribution in [-0.4, -0.2) is 24.3 Å². The Morgan fingerprint density at radius 2 is 1.92 bits per heavy atom. The summed E-state index contributed by atoms with van der Waals surface area (Å²) in [5.41, 5.74) is 1.54. The zero-order valence-corrected chi connectivity index (χ0v) is 15.8. The number of hydrogen-bond acceptors (Lipinski definition) is 6. The van der Waals surface area contributed by atoms with Gasteiger partial charge in [0.1, 0.15) is 0 Å². The number of hydrogen-bond donors (Lipinski definition) is 2. The predicted molar refractivity (Wildman–Crippen MR) is 101 cm³/mol. The Kier molecular flexibility index (Phi) is 5.21. The van der Waals surface area contributed by atoms with E-state index in [9.17, 15) is 13.2 Å². The third-order valence-corrected chi connectivity index (χ3v) is 5.71. The summed E-state index contributed by atoms with van der Waals surface area (Å²) in [6, 6.07) is 8.99. The van der Waals surface area contributed by atoms with Gasteiger partial charge >= 0.3 is 0 Å². The van der Waals surface area contributed by atoms with Crippen LogP contribution in [0.15, 0.2) is 52.9 Å². The summed E-state index contributed by atoms with van der Waals surface area (Å²) in [5, 5.41) is 4.32. The van der Waals surface area contributed by atoms with Crippen LogP contribution in [0.25, 0.3) is 0 Å². The van der Waals surface area contributed by atoms with Gasteiger partial charge in [0.05, 0.1) is 14.8 Å². The molecule has 0 unspecified atom stereocenters. The number of rotatable bonds is 5. The molecule has 3 aromatic rings. The number of carbonyl (C=O) groups excluding carboxylic acids is 1. The minimum absolute atomic E-state index is 0.00304. The summed E-state index contributed by atoms with van der Waals surface area (Å²) in [4.78, 5) is 20.0. The number of anilines is 2. The summed E-state index contributed by atoms with van der Waals surface area (Å²) in [6.45, 7) is 1.73. The van der Waals surface area contributed by atoms with E-state index in [2.05, 4.69) is 20.0 Å². The van der Waals surface area contributed by atoms with Crippen molar-refractivity contribution in [3.63, 3.8) is 0 Å². The van der Waals surface area contributed by atoms with Crippen LogP contribution in [0.5, 0.6) is 0 Å². The van der Waals surface area contributed by atoms with Crippen molar-refractivity contribution in [1.29, 1.82) is 0 Å². The number of carbonyl (C=O) groups is 1. The first kappa shape index (κ1) is 18.3. The van der Waals surface area contributed by atoms with E-state index in [4.69, 9.17) is 11.6 Å². The van der Waals surface area contributed by atoms with Gasteiger partial charge in [0, 0.05) is 23.0 Å². The standard InChI is InChI=1S/C16H13ClN4O3S2/c1-10-6-7-18-16(19-10)21-26(23,24)13-4-2-12(3-5-13)20-15(22)11-8-14(17)25-9-11/h2-9H,1H3,(H,20,22)(H,18,19,21). The quantitative estimate of drug-likeness (QED) is 0.672. The molecule has 2 aromatic heterocycles. The van der Waals surface area contributed by atoms with E-state index in [1.54, 1.807) is 24.4 Å². The normalized spacial score (nSPS) is 11.2. The van der Waals surface area contributed by atoms with E-state index in [1.807, 2.05) is 0 Å². The lowest BCUT2D eigenvalue weighted by molar-refractivity contribution is 0.102. The van der Waals surface area contributed by atoms with Crippen molar-refractivity contribution in [2.75, 3.05) is 10.0 Å². The van der Waals surface area contributed by atoms with E-state index in [0.717, 1.165) is 0 Å². The molecule has 2 heterocycles. The van der Waals surface area contributed by atoms with Gasteiger partial charge in [-0.3, -0.25) is 4.79 Å². The highest BCUT2D eigenvalue weighted by molar-refractivity contribution is 7.92. The van der Waals surface area contributed by atoms with Crippen molar-refractivity contribution in [2.45, 2.75) is 11.8 Å². The lowest BCUT2D eigenvalue weighted by Crippen LogP contribution is -2.15. The molecule has 0 spiro atoms. The van der Waals surface area contributed by atoms with Gasteiger partial charge in [-0.05, 0) is 43.3 Å². The zero-order valence-electron chi connectivity index (χ0n) is 13.4. The Hall–Kier alpha value is -2.49. The van der Waals surface area contributed by atoms with Crippen LogP contribution in [0.4, 0.5) is 11.6 Å². The molecule has 2 N–H and O–H groups in total. The second-order valence-electron chi connectivity index (χ2n) is 5.25. The molecule has 0 radical (unpaired) electrons. The zero-order chi connectivity index (χ0) is 18.7. The molecule has 0 aliphatic carbocycles. The number of nitrogens with one attached hydrogen (secondary N) is 2. The molecule has 0 fully saturated rings. The molecule has 0 aliphatic rings. The molecule has 134 valence electrons. The van der Waals surface area contributed by atoms with Crippen LogP contribution in [0.3, 0.4) is 0 Å². The molecule has 1 amide bonds. The number of sulfonamides is 1. The molecular weight excluding hydrogens is 396 g/mol. The van der Waals surface area contributed by atoms with Crippen LogP contribution in [0, 0.1) is 6.92 Å². The maximum absolute atomic E-state index is 12.4. The maximum Gasteiger partial charge on any atom is 0.264 e. The monoisotopic (exact) mass is 408 g/mol. The van der Waals surface area contributed by atoms with Crippen molar-refractivity contribution in [3.8, 4) is 0 Å². The molecule has 0 bridgehead atoms. The minimum atomic E-state index is -3.83. The van der Waals surface area contributed by atoms with Gasteiger partial charge in [-0.1, -0.05) is 11.6 Å². The van der Waals surface area contributed by atoms with Crippen molar-refractivity contribution in [3.05, 3.63) is 63.6 Å². The summed E-state index contributed by atoms with van der Waals surface area (Å²) in [6.07, 6.45) is 1.47. The number of aromatic nitrogens is 2. The minimum Gasteiger partial charge on any atom is -0.322 e. The lowest BCUT2D eigenvalue weighted by atomic mass is 10.3. The maximum atomic E-state index is 12.4. The first-order valence-electron chi connectivity index (χ1n) is 7.31. The molecule has 1 aromatic carbocycles. The van der Waals surface area contributed by atoms with E-state index < -0.39 is 10.0 Å². The Morgan fingerprint density at radius 3 is 2.54 bits per heavy atom. The Balaban J connectivity index is 1.73. The second-order valence-corrected chi connectivity index (χ2v) is 8.47. The number of halogens is 1. The molecule has 0 saturated carbocycles. The van der Waals surface area contributed by atoms with Crippen molar-refractivity contribution in [2.24, 2.45) is 0 Å². The van der Waals surface area contributed by atoms with Gasteiger partial charge in [-0.25, -0.2) is 23.1 Å². The van der Waals surface area contributed by atoms with Crippen molar-refractivity contribution in [1.82, 2.24) is 9.97 Å². The molecule has 26 heavy (non-hydrogen) atoms. The van der Waals surface area contributed by atoms with Crippen molar-refractivity contribution >= 4 is 50.5 Å². The van der Waals surface area contributed by atoms with Gasteiger partial charge in [0.2, 0.25) is 5.95 Å². The van der Waals surface area contributed by atoms with E-state index in [-0.39, 0.29) is 16.8 Å². The fourth-order valence-corrected chi connectivity index (χ4v) is 3.84. The average molecular weight is 409 g/mol.